The maximum Gasteiger partial charge on any atom is 0.117 e. The molecule has 1 nitrogen and oxygen atoms in total. The highest BCUT2D eigenvalue weighted by Crippen LogP contribution is 2.38. The minimum absolute atomic E-state index is 0.0953. The highest BCUT2D eigenvalue weighted by molar-refractivity contribution is 5.13. The van der Waals surface area contributed by atoms with Gasteiger partial charge in [-0.2, -0.15) is 0 Å². The standard InChI is InChI=1S/C16H28O/c1-8-14(15(3,4)5)17-13-9-12(2)10-16(6,7)11-13/h8-9,13H,10-11H2,1-7H3/b14-8-. The fraction of sp³-hybridized carbons (Fsp3) is 0.750. The summed E-state index contributed by atoms with van der Waals surface area (Å²) in [6.45, 7) is 15.5. The monoisotopic (exact) mass is 236 g/mol. The van der Waals surface area contributed by atoms with Crippen LogP contribution in [0.5, 0.6) is 0 Å². The molecule has 0 aromatic heterocycles. The summed E-state index contributed by atoms with van der Waals surface area (Å²) in [5, 5.41) is 0. The maximum absolute atomic E-state index is 6.20. The third kappa shape index (κ3) is 4.22. The van der Waals surface area contributed by atoms with Crippen molar-refractivity contribution in [3.05, 3.63) is 23.5 Å². The van der Waals surface area contributed by atoms with Crippen LogP contribution in [0.4, 0.5) is 0 Å². The third-order valence-corrected chi connectivity index (χ3v) is 3.26. The fourth-order valence-corrected chi connectivity index (χ4v) is 2.72. The van der Waals surface area contributed by atoms with Gasteiger partial charge in [0.25, 0.3) is 0 Å². The first-order valence-electron chi connectivity index (χ1n) is 6.65. The molecule has 0 saturated heterocycles. The second kappa shape index (κ2) is 4.88. The molecule has 1 atom stereocenters. The Hall–Kier alpha value is -0.720. The lowest BCUT2D eigenvalue weighted by Crippen LogP contribution is -2.28. The first-order valence-corrected chi connectivity index (χ1v) is 6.65. The van der Waals surface area contributed by atoms with E-state index in [1.165, 1.54) is 12.0 Å². The van der Waals surface area contributed by atoms with Crippen LogP contribution in [0, 0.1) is 10.8 Å². The minimum Gasteiger partial charge on any atom is -0.490 e. The molecule has 0 aliphatic heterocycles. The molecule has 1 aliphatic rings. The summed E-state index contributed by atoms with van der Waals surface area (Å²) >= 11 is 0. The maximum atomic E-state index is 6.20. The highest BCUT2D eigenvalue weighted by atomic mass is 16.5. The van der Waals surface area contributed by atoms with Gasteiger partial charge in [-0.25, -0.2) is 0 Å². The van der Waals surface area contributed by atoms with Gasteiger partial charge in [0.15, 0.2) is 0 Å². The molecule has 0 aromatic rings. The van der Waals surface area contributed by atoms with Crippen LogP contribution in [0.15, 0.2) is 23.5 Å². The second-order valence-electron chi connectivity index (χ2n) is 7.12. The average molecular weight is 236 g/mol. The normalized spacial score (nSPS) is 25.5. The van der Waals surface area contributed by atoms with Gasteiger partial charge in [-0.3, -0.25) is 0 Å². The highest BCUT2D eigenvalue weighted by Gasteiger charge is 2.30. The molecular weight excluding hydrogens is 208 g/mol. The van der Waals surface area contributed by atoms with Crippen molar-refractivity contribution in [2.24, 2.45) is 10.8 Å². The van der Waals surface area contributed by atoms with Crippen LogP contribution < -0.4 is 0 Å². The Bertz CT molecular complexity index is 326. The molecule has 0 bridgehead atoms. The van der Waals surface area contributed by atoms with Crippen molar-refractivity contribution in [3.63, 3.8) is 0 Å². The number of hydrogen-bond acceptors (Lipinski definition) is 1. The predicted molar refractivity (Wildman–Crippen MR) is 74.9 cm³/mol. The Labute approximate surface area is 107 Å². The Kier molecular flexibility index (Phi) is 4.11. The van der Waals surface area contributed by atoms with E-state index in [0.29, 0.717) is 5.41 Å². The Morgan fingerprint density at radius 3 is 2.41 bits per heavy atom. The molecule has 0 N–H and O–H groups in total. The molecule has 98 valence electrons. The van der Waals surface area contributed by atoms with Crippen LogP contribution in [0.25, 0.3) is 0 Å². The van der Waals surface area contributed by atoms with Crippen molar-refractivity contribution in [1.29, 1.82) is 0 Å². The van der Waals surface area contributed by atoms with E-state index in [2.05, 4.69) is 60.6 Å². The van der Waals surface area contributed by atoms with Gasteiger partial charge in [0.2, 0.25) is 0 Å². The van der Waals surface area contributed by atoms with Crippen molar-refractivity contribution in [3.8, 4) is 0 Å². The van der Waals surface area contributed by atoms with Crippen molar-refractivity contribution < 1.29 is 4.74 Å². The van der Waals surface area contributed by atoms with Gasteiger partial charge in [-0.1, -0.05) is 40.2 Å². The number of rotatable bonds is 2. The molecule has 1 rings (SSSR count). The minimum atomic E-state index is 0.0953. The second-order valence-corrected chi connectivity index (χ2v) is 7.12. The summed E-state index contributed by atoms with van der Waals surface area (Å²) in [5.74, 6) is 1.10. The van der Waals surface area contributed by atoms with Gasteiger partial charge in [0.1, 0.15) is 6.10 Å². The van der Waals surface area contributed by atoms with Crippen molar-refractivity contribution in [2.75, 3.05) is 0 Å². The van der Waals surface area contributed by atoms with E-state index in [0.717, 1.165) is 12.2 Å². The third-order valence-electron chi connectivity index (χ3n) is 3.26. The number of ether oxygens (including phenoxy) is 1. The summed E-state index contributed by atoms with van der Waals surface area (Å²) in [6, 6.07) is 0. The molecule has 0 heterocycles. The smallest absolute Gasteiger partial charge is 0.117 e. The van der Waals surface area contributed by atoms with Crippen molar-refractivity contribution >= 4 is 0 Å². The van der Waals surface area contributed by atoms with E-state index in [-0.39, 0.29) is 11.5 Å². The SMILES string of the molecule is C/C=C(\OC1C=C(C)CC(C)(C)C1)C(C)(C)C. The Morgan fingerprint density at radius 1 is 1.41 bits per heavy atom. The van der Waals surface area contributed by atoms with E-state index in [1.807, 2.05) is 0 Å². The molecular formula is C16H28O. The molecule has 1 unspecified atom stereocenters. The number of hydrogen-bond donors (Lipinski definition) is 0. The van der Waals surface area contributed by atoms with Crippen LogP contribution in [-0.2, 0) is 4.74 Å². The van der Waals surface area contributed by atoms with Crippen LogP contribution in [-0.4, -0.2) is 6.10 Å². The summed E-state index contributed by atoms with van der Waals surface area (Å²) in [7, 11) is 0. The molecule has 1 heteroatoms. The van der Waals surface area contributed by atoms with E-state index in [4.69, 9.17) is 4.74 Å². The molecule has 0 saturated carbocycles. The zero-order valence-electron chi connectivity index (χ0n) is 12.6. The fourth-order valence-electron chi connectivity index (χ4n) is 2.72. The first-order chi connectivity index (χ1) is 7.64. The zero-order valence-corrected chi connectivity index (χ0v) is 12.6. The summed E-state index contributed by atoms with van der Waals surface area (Å²) in [5.41, 5.74) is 1.91. The van der Waals surface area contributed by atoms with Crippen molar-refractivity contribution in [2.45, 2.75) is 67.4 Å². The van der Waals surface area contributed by atoms with E-state index in [1.54, 1.807) is 0 Å². The number of allylic oxidation sites excluding steroid dienone is 3. The van der Waals surface area contributed by atoms with Crippen LogP contribution in [0.1, 0.15) is 61.3 Å². The van der Waals surface area contributed by atoms with E-state index in [9.17, 15) is 0 Å². The lowest BCUT2D eigenvalue weighted by molar-refractivity contribution is 0.0652. The van der Waals surface area contributed by atoms with Crippen LogP contribution in [0.2, 0.25) is 0 Å². The molecule has 0 amide bonds. The first kappa shape index (κ1) is 14.3. The van der Waals surface area contributed by atoms with E-state index < -0.39 is 0 Å². The molecule has 0 spiro atoms. The largest absolute Gasteiger partial charge is 0.490 e. The van der Waals surface area contributed by atoms with E-state index >= 15 is 0 Å². The summed E-state index contributed by atoms with van der Waals surface area (Å²) in [4.78, 5) is 0. The molecule has 0 fully saturated rings. The molecule has 0 aromatic carbocycles. The zero-order chi connectivity index (χ0) is 13.3. The van der Waals surface area contributed by atoms with Crippen LogP contribution in [0.3, 0.4) is 0 Å². The Morgan fingerprint density at radius 2 is 2.00 bits per heavy atom. The van der Waals surface area contributed by atoms with Gasteiger partial charge in [0.05, 0.1) is 5.76 Å². The van der Waals surface area contributed by atoms with Gasteiger partial charge >= 0.3 is 0 Å². The van der Waals surface area contributed by atoms with Gasteiger partial charge < -0.3 is 4.74 Å². The molecule has 0 radical (unpaired) electrons. The Balaban J connectivity index is 2.79. The average Bonchev–Trinajstić information content (AvgIpc) is 2.08. The topological polar surface area (TPSA) is 9.23 Å². The predicted octanol–water partition coefficient (Wildman–Crippen LogP) is 5.09. The summed E-state index contributed by atoms with van der Waals surface area (Å²) in [6.07, 6.45) is 6.93. The van der Waals surface area contributed by atoms with Gasteiger partial charge in [0, 0.05) is 5.41 Å². The van der Waals surface area contributed by atoms with Gasteiger partial charge in [-0.05, 0) is 44.3 Å². The molecule has 1 aliphatic carbocycles. The molecule has 17 heavy (non-hydrogen) atoms. The van der Waals surface area contributed by atoms with Crippen molar-refractivity contribution in [1.82, 2.24) is 0 Å². The van der Waals surface area contributed by atoms with Gasteiger partial charge in [-0.15, -0.1) is 0 Å². The lowest BCUT2D eigenvalue weighted by Gasteiger charge is -2.36. The lowest BCUT2D eigenvalue weighted by atomic mass is 9.76. The summed E-state index contributed by atoms with van der Waals surface area (Å²) < 4.78 is 6.20. The van der Waals surface area contributed by atoms with Crippen LogP contribution >= 0.6 is 0 Å². The quantitative estimate of drug-likeness (QED) is 0.479.